The highest BCUT2D eigenvalue weighted by atomic mass is 16.7. The minimum absolute atomic E-state index is 0.167. The van der Waals surface area contributed by atoms with E-state index in [-0.39, 0.29) is 31.1 Å². The van der Waals surface area contributed by atoms with Gasteiger partial charge in [-0.2, -0.15) is 0 Å². The first-order valence-electron chi connectivity index (χ1n) is 10.3. The average Bonchev–Trinajstić information content (AvgIpc) is 3.27. The van der Waals surface area contributed by atoms with Gasteiger partial charge in [0, 0.05) is 36.1 Å². The van der Waals surface area contributed by atoms with Crippen LogP contribution in [-0.4, -0.2) is 29.6 Å². The second kappa shape index (κ2) is 9.82. The van der Waals surface area contributed by atoms with Crippen molar-refractivity contribution in [3.05, 3.63) is 77.6 Å². The molecule has 9 nitrogen and oxygen atoms in total. The molecule has 0 unspecified atom stereocenters. The fourth-order valence-electron chi connectivity index (χ4n) is 3.14. The van der Waals surface area contributed by atoms with E-state index in [9.17, 15) is 9.59 Å². The monoisotopic (exact) mass is 445 g/mol. The van der Waals surface area contributed by atoms with E-state index in [2.05, 4.69) is 25.9 Å². The Morgan fingerprint density at radius 2 is 1.88 bits per heavy atom. The number of aliphatic imine (C=N–C) groups is 1. The van der Waals surface area contributed by atoms with E-state index in [0.717, 1.165) is 11.3 Å². The molecule has 33 heavy (non-hydrogen) atoms. The summed E-state index contributed by atoms with van der Waals surface area (Å²) in [7, 11) is 0. The van der Waals surface area contributed by atoms with Crippen LogP contribution in [0, 0.1) is 6.92 Å². The van der Waals surface area contributed by atoms with Crippen molar-refractivity contribution in [2.24, 2.45) is 4.99 Å². The Balaban J connectivity index is 1.56. The number of pyridine rings is 1. The molecule has 9 heteroatoms. The zero-order valence-corrected chi connectivity index (χ0v) is 18.2. The Labute approximate surface area is 190 Å². The Bertz CT molecular complexity index is 1210. The highest BCUT2D eigenvalue weighted by molar-refractivity contribution is 6.10. The first kappa shape index (κ1) is 21.8. The quantitative estimate of drug-likeness (QED) is 0.409. The molecule has 0 aliphatic carbocycles. The highest BCUT2D eigenvalue weighted by Gasteiger charge is 2.16. The summed E-state index contributed by atoms with van der Waals surface area (Å²) in [5.41, 5.74) is 3.22. The van der Waals surface area contributed by atoms with Gasteiger partial charge in [0.25, 0.3) is 5.91 Å². The molecule has 0 saturated carbocycles. The zero-order chi connectivity index (χ0) is 23.2. The van der Waals surface area contributed by atoms with Crippen LogP contribution in [0.4, 0.5) is 11.4 Å². The fraction of sp³-hybridized carbons (Fsp3) is 0.167. The maximum absolute atomic E-state index is 13.0. The molecule has 4 rings (SSSR count). The minimum Gasteiger partial charge on any atom is -0.454 e. The van der Waals surface area contributed by atoms with Crippen molar-refractivity contribution >= 4 is 29.1 Å². The third-order valence-corrected chi connectivity index (χ3v) is 4.80. The summed E-state index contributed by atoms with van der Waals surface area (Å²) in [4.78, 5) is 33.2. The maximum atomic E-state index is 13.0. The number of carbonyl (C=O) groups is 2. The molecule has 0 atom stereocenters. The SMILES string of the molecule is CC(=O)Nc1cc(C(=O)NC(=NCc2ccccn2)Nc2ccc3c(c2)OCO3)ccc1C. The van der Waals surface area contributed by atoms with Crippen molar-refractivity contribution < 1.29 is 19.1 Å². The molecule has 1 aliphatic heterocycles. The van der Waals surface area contributed by atoms with Crippen LogP contribution in [0.2, 0.25) is 0 Å². The summed E-state index contributed by atoms with van der Waals surface area (Å²) in [5.74, 6) is 0.911. The predicted octanol–water partition coefficient (Wildman–Crippen LogP) is 3.48. The molecule has 0 bridgehead atoms. The van der Waals surface area contributed by atoms with Gasteiger partial charge in [0.2, 0.25) is 18.7 Å². The van der Waals surface area contributed by atoms with Crippen molar-refractivity contribution in [1.82, 2.24) is 10.3 Å². The van der Waals surface area contributed by atoms with E-state index in [1.54, 1.807) is 42.6 Å². The first-order valence-corrected chi connectivity index (χ1v) is 10.3. The summed E-state index contributed by atoms with van der Waals surface area (Å²) in [6, 6.07) is 16.0. The number of fused-ring (bicyclic) bond motifs is 1. The summed E-state index contributed by atoms with van der Waals surface area (Å²) < 4.78 is 10.8. The molecule has 1 aromatic heterocycles. The molecule has 2 heterocycles. The van der Waals surface area contributed by atoms with Gasteiger partial charge < -0.3 is 20.1 Å². The molecule has 0 saturated heterocycles. The molecule has 2 aromatic carbocycles. The Morgan fingerprint density at radius 1 is 1.03 bits per heavy atom. The van der Waals surface area contributed by atoms with E-state index < -0.39 is 0 Å². The number of aryl methyl sites for hydroxylation is 1. The summed E-state index contributed by atoms with van der Waals surface area (Å²) in [5, 5.41) is 8.66. The van der Waals surface area contributed by atoms with E-state index in [1.807, 2.05) is 25.1 Å². The Hall–Kier alpha value is -4.40. The van der Waals surface area contributed by atoms with Crippen LogP contribution in [0.15, 0.2) is 65.8 Å². The number of hydrogen-bond donors (Lipinski definition) is 3. The normalized spacial score (nSPS) is 12.2. The van der Waals surface area contributed by atoms with Crippen LogP contribution in [0.25, 0.3) is 0 Å². The number of amides is 2. The number of guanidine groups is 1. The van der Waals surface area contributed by atoms with Crippen LogP contribution in [0.1, 0.15) is 28.5 Å². The molecular weight excluding hydrogens is 422 g/mol. The largest absolute Gasteiger partial charge is 0.454 e. The smallest absolute Gasteiger partial charge is 0.258 e. The number of carbonyl (C=O) groups excluding carboxylic acids is 2. The highest BCUT2D eigenvalue weighted by Crippen LogP contribution is 2.34. The lowest BCUT2D eigenvalue weighted by Gasteiger charge is -2.13. The van der Waals surface area contributed by atoms with Crippen LogP contribution >= 0.6 is 0 Å². The molecule has 0 radical (unpaired) electrons. The number of nitrogens with one attached hydrogen (secondary N) is 3. The van der Waals surface area contributed by atoms with Gasteiger partial charge in [-0.15, -0.1) is 0 Å². The van der Waals surface area contributed by atoms with Crippen molar-refractivity contribution in [3.63, 3.8) is 0 Å². The predicted molar refractivity (Wildman–Crippen MR) is 125 cm³/mol. The standard InChI is InChI=1S/C24H23N5O4/c1-15-6-7-17(11-20(15)27-16(2)30)23(31)29-24(26-13-19-5-3-4-10-25-19)28-18-8-9-21-22(12-18)33-14-32-21/h3-12H,13-14H2,1-2H3,(H,27,30)(H2,26,28,29,31). The lowest BCUT2D eigenvalue weighted by atomic mass is 10.1. The van der Waals surface area contributed by atoms with Crippen LogP contribution < -0.4 is 25.4 Å². The van der Waals surface area contributed by atoms with Crippen molar-refractivity contribution in [2.45, 2.75) is 20.4 Å². The lowest BCUT2D eigenvalue weighted by molar-refractivity contribution is -0.114. The second-order valence-electron chi connectivity index (χ2n) is 7.34. The van der Waals surface area contributed by atoms with Crippen LogP contribution in [0.3, 0.4) is 0 Å². The van der Waals surface area contributed by atoms with Crippen molar-refractivity contribution in [3.8, 4) is 11.5 Å². The zero-order valence-electron chi connectivity index (χ0n) is 18.2. The van der Waals surface area contributed by atoms with E-state index >= 15 is 0 Å². The summed E-state index contributed by atoms with van der Waals surface area (Å²) >= 11 is 0. The number of rotatable bonds is 5. The van der Waals surface area contributed by atoms with Gasteiger partial charge in [0.15, 0.2) is 11.5 Å². The van der Waals surface area contributed by atoms with E-state index in [1.165, 1.54) is 6.92 Å². The van der Waals surface area contributed by atoms with E-state index in [0.29, 0.717) is 28.4 Å². The molecule has 3 aromatic rings. The topological polar surface area (TPSA) is 114 Å². The third-order valence-electron chi connectivity index (χ3n) is 4.80. The molecule has 0 spiro atoms. The number of ether oxygens (including phenoxy) is 2. The number of hydrogen-bond acceptors (Lipinski definition) is 6. The number of anilines is 2. The lowest BCUT2D eigenvalue weighted by Crippen LogP contribution is -2.36. The molecule has 3 N–H and O–H groups in total. The summed E-state index contributed by atoms with van der Waals surface area (Å²) in [6.07, 6.45) is 1.68. The molecule has 2 amide bonds. The van der Waals surface area contributed by atoms with Gasteiger partial charge >= 0.3 is 0 Å². The van der Waals surface area contributed by atoms with Crippen LogP contribution in [-0.2, 0) is 11.3 Å². The van der Waals surface area contributed by atoms with E-state index in [4.69, 9.17) is 9.47 Å². The van der Waals surface area contributed by atoms with Gasteiger partial charge in [-0.05, 0) is 48.9 Å². The van der Waals surface area contributed by atoms with Crippen molar-refractivity contribution in [2.75, 3.05) is 17.4 Å². The number of aromatic nitrogens is 1. The van der Waals surface area contributed by atoms with Gasteiger partial charge in [0.05, 0.1) is 12.2 Å². The molecule has 168 valence electrons. The molecule has 1 aliphatic rings. The first-order chi connectivity index (χ1) is 16.0. The third kappa shape index (κ3) is 5.65. The Kier molecular flexibility index (Phi) is 6.49. The molecular formula is C24H23N5O4. The molecule has 0 fully saturated rings. The van der Waals surface area contributed by atoms with Gasteiger partial charge in [-0.1, -0.05) is 12.1 Å². The number of nitrogens with zero attached hydrogens (tertiary/aromatic N) is 2. The summed E-state index contributed by atoms with van der Waals surface area (Å²) in [6.45, 7) is 3.71. The number of benzene rings is 2. The fourth-order valence-corrected chi connectivity index (χ4v) is 3.14. The average molecular weight is 445 g/mol. The van der Waals surface area contributed by atoms with Crippen molar-refractivity contribution in [1.29, 1.82) is 0 Å². The van der Waals surface area contributed by atoms with Gasteiger partial charge in [0.1, 0.15) is 0 Å². The van der Waals surface area contributed by atoms with Crippen LogP contribution in [0.5, 0.6) is 11.5 Å². The minimum atomic E-state index is -0.380. The van der Waals surface area contributed by atoms with Gasteiger partial charge in [-0.25, -0.2) is 4.99 Å². The van der Waals surface area contributed by atoms with Gasteiger partial charge in [-0.3, -0.25) is 19.9 Å². The Morgan fingerprint density at radius 3 is 2.67 bits per heavy atom. The maximum Gasteiger partial charge on any atom is 0.258 e. The second-order valence-corrected chi connectivity index (χ2v) is 7.34.